The molecule has 2 aromatic rings. The fraction of sp³-hybridized carbons (Fsp3) is 0.200. The van der Waals surface area contributed by atoms with Crippen LogP contribution in [0.25, 0.3) is 0 Å². The molecule has 0 unspecified atom stereocenters. The quantitative estimate of drug-likeness (QED) is 0.358. The van der Waals surface area contributed by atoms with Gasteiger partial charge in [-0.15, -0.1) is 0 Å². The van der Waals surface area contributed by atoms with E-state index in [1.165, 1.54) is 0 Å². The Balaban J connectivity index is 0.000000233. The van der Waals surface area contributed by atoms with Crippen molar-refractivity contribution in [2.24, 2.45) is 0 Å². The Morgan fingerprint density at radius 3 is 1.68 bits per heavy atom. The fourth-order valence-corrected chi connectivity index (χ4v) is 2.42. The highest BCUT2D eigenvalue weighted by molar-refractivity contribution is 9.10. The molecule has 1 saturated heterocycles. The van der Waals surface area contributed by atoms with Crippen LogP contribution in [0.4, 0.5) is 0 Å². The summed E-state index contributed by atoms with van der Waals surface area (Å²) in [6.45, 7) is 0. The molecule has 0 radical (unpaired) electrons. The molecule has 1 aliphatic rings. The predicted octanol–water partition coefficient (Wildman–Crippen LogP) is 4.80. The first kappa shape index (κ1) is 23.7. The number of hydrogen-bond donors (Lipinski definition) is 1. The maximum atomic E-state index is 11.4. The van der Waals surface area contributed by atoms with Crippen molar-refractivity contribution in [1.29, 1.82) is 0 Å². The normalized spacial score (nSPS) is 12.1. The molecule has 0 aliphatic carbocycles. The lowest BCUT2D eigenvalue weighted by Gasteiger charge is -1.98. The lowest BCUT2D eigenvalue weighted by atomic mass is 10.1. The average molecular weight is 514 g/mol. The number of carbonyl (C=O) groups excluding carboxylic acids is 3. The largest absolute Gasteiger partial charge is 0.481 e. The van der Waals surface area contributed by atoms with Gasteiger partial charge in [-0.05, 0) is 24.3 Å². The maximum absolute atomic E-state index is 11.4. The summed E-state index contributed by atoms with van der Waals surface area (Å²) in [7, 11) is 0. The number of cyclic esters (lactones) is 2. The fourth-order valence-electron chi connectivity index (χ4n) is 1.85. The summed E-state index contributed by atoms with van der Waals surface area (Å²) in [5, 5.41) is 8.39. The van der Waals surface area contributed by atoms with E-state index in [1.807, 2.05) is 30.3 Å². The molecule has 1 heterocycles. The van der Waals surface area contributed by atoms with E-state index in [9.17, 15) is 19.2 Å². The summed E-state index contributed by atoms with van der Waals surface area (Å²) >= 11 is 6.56. The van der Waals surface area contributed by atoms with Crippen LogP contribution in [0.2, 0.25) is 0 Å². The molecular formula is C20H18Br2O6. The molecule has 0 saturated carbocycles. The molecule has 1 aliphatic heterocycles. The van der Waals surface area contributed by atoms with E-state index in [2.05, 4.69) is 36.6 Å². The molecule has 8 heteroatoms. The van der Waals surface area contributed by atoms with E-state index < -0.39 is 17.9 Å². The summed E-state index contributed by atoms with van der Waals surface area (Å²) in [5.74, 6) is -1.88. The minimum absolute atomic E-state index is 0.0525. The lowest BCUT2D eigenvalue weighted by Crippen LogP contribution is -2.03. The molecule has 2 aromatic carbocycles. The van der Waals surface area contributed by atoms with E-state index in [4.69, 9.17) is 5.11 Å². The van der Waals surface area contributed by atoms with Crippen molar-refractivity contribution in [2.45, 2.75) is 25.7 Å². The first-order valence-corrected chi connectivity index (χ1v) is 9.81. The zero-order valence-electron chi connectivity index (χ0n) is 14.8. The third-order valence-electron chi connectivity index (χ3n) is 3.23. The molecule has 0 amide bonds. The van der Waals surface area contributed by atoms with E-state index in [1.54, 1.807) is 24.3 Å². The van der Waals surface area contributed by atoms with E-state index >= 15 is 0 Å². The highest BCUT2D eigenvalue weighted by Gasteiger charge is 2.19. The van der Waals surface area contributed by atoms with Gasteiger partial charge in [-0.3, -0.25) is 19.2 Å². The smallest absolute Gasteiger partial charge is 0.314 e. The van der Waals surface area contributed by atoms with Gasteiger partial charge in [0.15, 0.2) is 5.78 Å². The topological polar surface area (TPSA) is 97.7 Å². The van der Waals surface area contributed by atoms with Crippen LogP contribution in [0.15, 0.2) is 63.5 Å². The second kappa shape index (κ2) is 13.0. The Morgan fingerprint density at radius 1 is 0.821 bits per heavy atom. The van der Waals surface area contributed by atoms with Crippen molar-refractivity contribution in [3.05, 3.63) is 69.1 Å². The second-order valence-corrected chi connectivity index (χ2v) is 7.30. The standard InChI is InChI=1S/C10H9BrO3.C6H5Br.C4H4O3/c11-8-3-1-7(2-4-8)9(12)5-6-10(13)14;7-6-4-2-1-3-5-6;5-3-1-2-4(6)7-3/h1-4H,5-6H2,(H,13,14);1-5H;1-2H2. The van der Waals surface area contributed by atoms with Crippen molar-refractivity contribution in [3.63, 3.8) is 0 Å². The van der Waals surface area contributed by atoms with Gasteiger partial charge in [0.25, 0.3) is 0 Å². The zero-order chi connectivity index (χ0) is 20.9. The van der Waals surface area contributed by atoms with Gasteiger partial charge in [0, 0.05) is 20.9 Å². The highest BCUT2D eigenvalue weighted by atomic mass is 79.9. The number of carboxylic acid groups (broad SMARTS) is 1. The van der Waals surface area contributed by atoms with Crippen molar-refractivity contribution in [3.8, 4) is 0 Å². The molecule has 0 spiro atoms. The van der Waals surface area contributed by atoms with Gasteiger partial charge >= 0.3 is 17.9 Å². The molecule has 148 valence electrons. The molecular weight excluding hydrogens is 496 g/mol. The summed E-state index contributed by atoms with van der Waals surface area (Å²) in [6.07, 6.45) is 0.462. The van der Waals surface area contributed by atoms with Crippen LogP contribution in [-0.2, 0) is 19.1 Å². The molecule has 0 bridgehead atoms. The second-order valence-electron chi connectivity index (χ2n) is 5.47. The van der Waals surface area contributed by atoms with Crippen LogP contribution < -0.4 is 0 Å². The Hall–Kier alpha value is -2.32. The van der Waals surface area contributed by atoms with E-state index in [0.29, 0.717) is 5.56 Å². The summed E-state index contributed by atoms with van der Waals surface area (Å²) in [6, 6.07) is 16.8. The van der Waals surface area contributed by atoms with Crippen molar-refractivity contribution in [2.75, 3.05) is 0 Å². The number of halogens is 2. The predicted molar refractivity (Wildman–Crippen MR) is 110 cm³/mol. The number of hydrogen-bond acceptors (Lipinski definition) is 5. The zero-order valence-corrected chi connectivity index (χ0v) is 17.9. The first-order valence-electron chi connectivity index (χ1n) is 8.22. The van der Waals surface area contributed by atoms with Crippen LogP contribution in [0.3, 0.4) is 0 Å². The third kappa shape index (κ3) is 10.7. The van der Waals surface area contributed by atoms with Gasteiger partial charge in [0.1, 0.15) is 0 Å². The van der Waals surface area contributed by atoms with Gasteiger partial charge in [-0.2, -0.15) is 0 Å². The Labute approximate surface area is 179 Å². The SMILES string of the molecule is Brc1ccccc1.O=C(O)CCC(=O)c1ccc(Br)cc1.O=C1CCC(=O)O1. The molecule has 3 rings (SSSR count). The molecule has 28 heavy (non-hydrogen) atoms. The number of carboxylic acids is 1. The van der Waals surface area contributed by atoms with E-state index in [0.717, 1.165) is 8.95 Å². The number of Topliss-reactive ketones (excluding diaryl/α,β-unsaturated/α-hetero) is 1. The van der Waals surface area contributed by atoms with Crippen molar-refractivity contribution in [1.82, 2.24) is 0 Å². The first-order chi connectivity index (χ1) is 13.3. The van der Waals surface area contributed by atoms with Gasteiger partial charge < -0.3 is 9.84 Å². The molecule has 6 nitrogen and oxygen atoms in total. The minimum Gasteiger partial charge on any atom is -0.481 e. The number of carbonyl (C=O) groups is 4. The lowest BCUT2D eigenvalue weighted by molar-refractivity contribution is -0.152. The van der Waals surface area contributed by atoms with Crippen LogP contribution in [0.5, 0.6) is 0 Å². The highest BCUT2D eigenvalue weighted by Crippen LogP contribution is 2.12. The average Bonchev–Trinajstić information content (AvgIpc) is 3.05. The maximum Gasteiger partial charge on any atom is 0.314 e. The molecule has 1 fully saturated rings. The Bertz CT molecular complexity index is 789. The van der Waals surface area contributed by atoms with Crippen molar-refractivity contribution < 1.29 is 29.0 Å². The minimum atomic E-state index is -0.949. The van der Waals surface area contributed by atoms with Gasteiger partial charge in [-0.25, -0.2) is 0 Å². The van der Waals surface area contributed by atoms with Crippen LogP contribution in [0.1, 0.15) is 36.0 Å². The number of ketones is 1. The Kier molecular flexibility index (Phi) is 11.0. The molecule has 0 aromatic heterocycles. The van der Waals surface area contributed by atoms with Crippen LogP contribution in [-0.4, -0.2) is 28.8 Å². The van der Waals surface area contributed by atoms with Crippen LogP contribution in [0, 0.1) is 0 Å². The van der Waals surface area contributed by atoms with Gasteiger partial charge in [-0.1, -0.05) is 62.2 Å². The number of aliphatic carboxylic acids is 1. The van der Waals surface area contributed by atoms with Crippen molar-refractivity contribution >= 4 is 55.6 Å². The number of benzene rings is 2. The monoisotopic (exact) mass is 512 g/mol. The molecule has 0 atom stereocenters. The number of rotatable bonds is 4. The molecule has 1 N–H and O–H groups in total. The van der Waals surface area contributed by atoms with Gasteiger partial charge in [0.05, 0.1) is 19.3 Å². The van der Waals surface area contributed by atoms with Gasteiger partial charge in [0.2, 0.25) is 0 Å². The summed E-state index contributed by atoms with van der Waals surface area (Å²) in [4.78, 5) is 41.6. The Morgan fingerprint density at radius 2 is 1.32 bits per heavy atom. The third-order valence-corrected chi connectivity index (χ3v) is 4.28. The van der Waals surface area contributed by atoms with Crippen LogP contribution >= 0.6 is 31.9 Å². The number of esters is 2. The van der Waals surface area contributed by atoms with E-state index in [-0.39, 0.29) is 31.5 Å². The summed E-state index contributed by atoms with van der Waals surface area (Å²) < 4.78 is 6.11. The summed E-state index contributed by atoms with van der Waals surface area (Å²) in [5.41, 5.74) is 0.550. The number of ether oxygens (including phenoxy) is 1.